The Balaban J connectivity index is 1.70. The number of nitrogens with two attached hydrogens (primary N) is 1. The van der Waals surface area contributed by atoms with Crippen LogP contribution >= 0.6 is 0 Å². The van der Waals surface area contributed by atoms with Crippen molar-refractivity contribution in [1.29, 1.82) is 0 Å². The molecule has 0 aliphatic heterocycles. The molecule has 0 amide bonds. The molecule has 0 aromatic carbocycles. The van der Waals surface area contributed by atoms with E-state index in [-0.39, 0.29) is 0 Å². The van der Waals surface area contributed by atoms with Crippen LogP contribution in [-0.4, -0.2) is 46.3 Å². The molecule has 1 saturated carbocycles. The van der Waals surface area contributed by atoms with Gasteiger partial charge in [-0.1, -0.05) is 25.6 Å². The van der Waals surface area contributed by atoms with Crippen LogP contribution in [0.2, 0.25) is 0 Å². The third kappa shape index (κ3) is 7.24. The van der Waals surface area contributed by atoms with Gasteiger partial charge in [0.15, 0.2) is 5.76 Å². The van der Waals surface area contributed by atoms with Gasteiger partial charge < -0.3 is 30.2 Å². The fourth-order valence-corrected chi connectivity index (χ4v) is 3.19. The third-order valence-corrected chi connectivity index (χ3v) is 5.15. The molecular formula is C22H34N8O2. The lowest BCUT2D eigenvalue weighted by atomic mass is 10.2. The maximum Gasteiger partial charge on any atom is 0.228 e. The smallest absolute Gasteiger partial charge is 0.228 e. The topological polar surface area (TPSA) is 126 Å². The lowest BCUT2D eigenvalue weighted by molar-refractivity contribution is 0.218. The zero-order valence-corrected chi connectivity index (χ0v) is 19.1. The second kappa shape index (κ2) is 11.5. The van der Waals surface area contributed by atoms with Crippen LogP contribution in [0, 0.1) is 12.8 Å². The monoisotopic (exact) mass is 442 g/mol. The van der Waals surface area contributed by atoms with Crippen LogP contribution in [0.25, 0.3) is 0 Å². The zero-order valence-electron chi connectivity index (χ0n) is 19.1. The van der Waals surface area contributed by atoms with E-state index >= 15 is 0 Å². The summed E-state index contributed by atoms with van der Waals surface area (Å²) >= 11 is 0. The van der Waals surface area contributed by atoms with Gasteiger partial charge in [0.1, 0.15) is 12.4 Å². The lowest BCUT2D eigenvalue weighted by Crippen LogP contribution is -2.28. The molecule has 10 nitrogen and oxygen atoms in total. The number of aromatic nitrogens is 3. The first kappa shape index (κ1) is 23.6. The van der Waals surface area contributed by atoms with Gasteiger partial charge in [0, 0.05) is 36.0 Å². The molecule has 0 atom stereocenters. The lowest BCUT2D eigenvalue weighted by Gasteiger charge is -2.18. The van der Waals surface area contributed by atoms with Crippen LogP contribution < -0.4 is 26.6 Å². The van der Waals surface area contributed by atoms with Crippen molar-refractivity contribution in [2.75, 3.05) is 36.9 Å². The SMILES string of the molecule is C=C(/C=C(\NN)C1CC1)Nc1cc(OCCN(CC)CC)nc(NCc2cc(C)no2)n1. The number of hydrogen-bond donors (Lipinski definition) is 4. The fourth-order valence-electron chi connectivity index (χ4n) is 3.19. The predicted octanol–water partition coefficient (Wildman–Crippen LogP) is 2.79. The fraction of sp³-hybridized carbons (Fsp3) is 0.500. The van der Waals surface area contributed by atoms with Gasteiger partial charge in [0.25, 0.3) is 0 Å². The molecule has 0 bridgehead atoms. The van der Waals surface area contributed by atoms with Crippen LogP contribution in [0.1, 0.15) is 38.1 Å². The number of rotatable bonds is 14. The summed E-state index contributed by atoms with van der Waals surface area (Å²) in [5, 5.41) is 10.3. The highest BCUT2D eigenvalue weighted by Gasteiger charge is 2.25. The summed E-state index contributed by atoms with van der Waals surface area (Å²) in [7, 11) is 0. The molecule has 174 valence electrons. The first-order chi connectivity index (χ1) is 15.5. The molecule has 1 aliphatic rings. The number of nitrogens with zero attached hydrogens (tertiary/aromatic N) is 4. The van der Waals surface area contributed by atoms with Crippen molar-refractivity contribution in [2.45, 2.75) is 40.2 Å². The van der Waals surface area contributed by atoms with Crippen molar-refractivity contribution in [3.63, 3.8) is 0 Å². The van der Waals surface area contributed by atoms with Crippen molar-refractivity contribution < 1.29 is 9.26 Å². The summed E-state index contributed by atoms with van der Waals surface area (Å²) in [4.78, 5) is 11.3. The predicted molar refractivity (Wildman–Crippen MR) is 125 cm³/mol. The van der Waals surface area contributed by atoms with Gasteiger partial charge in [-0.05, 0) is 38.9 Å². The van der Waals surface area contributed by atoms with E-state index in [4.69, 9.17) is 15.1 Å². The van der Waals surface area contributed by atoms with Gasteiger partial charge in [-0.25, -0.2) is 0 Å². The van der Waals surface area contributed by atoms with Crippen LogP contribution in [0.3, 0.4) is 0 Å². The maximum atomic E-state index is 5.92. The first-order valence-corrected chi connectivity index (χ1v) is 11.0. The van der Waals surface area contributed by atoms with Gasteiger partial charge in [-0.15, -0.1) is 0 Å². The van der Waals surface area contributed by atoms with Crippen molar-refractivity contribution in [3.05, 3.63) is 47.6 Å². The molecule has 32 heavy (non-hydrogen) atoms. The molecule has 1 fully saturated rings. The second-order valence-corrected chi connectivity index (χ2v) is 7.75. The van der Waals surface area contributed by atoms with E-state index in [2.05, 4.69) is 56.5 Å². The Morgan fingerprint density at radius 2 is 2.09 bits per heavy atom. The molecule has 2 aromatic rings. The molecule has 0 saturated heterocycles. The van der Waals surface area contributed by atoms with Crippen LogP contribution in [0.5, 0.6) is 5.88 Å². The molecule has 0 unspecified atom stereocenters. The number of anilines is 2. The Bertz CT molecular complexity index is 918. The van der Waals surface area contributed by atoms with Gasteiger partial charge in [0.2, 0.25) is 11.8 Å². The average Bonchev–Trinajstić information content (AvgIpc) is 3.54. The summed E-state index contributed by atoms with van der Waals surface area (Å²) in [6.45, 7) is 13.9. The van der Waals surface area contributed by atoms with E-state index in [1.54, 1.807) is 6.07 Å². The largest absolute Gasteiger partial charge is 0.476 e. The van der Waals surface area contributed by atoms with E-state index in [1.807, 2.05) is 19.1 Å². The van der Waals surface area contributed by atoms with Gasteiger partial charge in [-0.2, -0.15) is 9.97 Å². The highest BCUT2D eigenvalue weighted by atomic mass is 16.5. The van der Waals surface area contributed by atoms with Crippen LogP contribution in [0.4, 0.5) is 11.8 Å². The van der Waals surface area contributed by atoms with E-state index < -0.39 is 0 Å². The summed E-state index contributed by atoms with van der Waals surface area (Å²) in [6.07, 6.45) is 4.18. The number of likely N-dealkylation sites (N-methyl/N-ethyl adjacent to an activating group) is 1. The number of allylic oxidation sites excluding steroid dienone is 2. The molecular weight excluding hydrogens is 408 g/mol. The minimum atomic E-state index is 0.410. The second-order valence-electron chi connectivity index (χ2n) is 7.75. The molecule has 2 heterocycles. The van der Waals surface area contributed by atoms with E-state index in [9.17, 15) is 0 Å². The number of ether oxygens (including phenoxy) is 1. The Morgan fingerprint density at radius 1 is 1.31 bits per heavy atom. The summed E-state index contributed by atoms with van der Waals surface area (Å²) in [5.74, 6) is 8.28. The molecule has 0 radical (unpaired) electrons. The van der Waals surface area contributed by atoms with E-state index in [0.717, 1.165) is 43.9 Å². The molecule has 5 N–H and O–H groups in total. The van der Waals surface area contributed by atoms with Gasteiger partial charge >= 0.3 is 0 Å². The number of aryl methyl sites for hydroxylation is 1. The third-order valence-electron chi connectivity index (χ3n) is 5.15. The number of hydrazine groups is 1. The molecule has 0 spiro atoms. The molecule has 3 rings (SSSR count). The first-order valence-electron chi connectivity index (χ1n) is 11.0. The molecule has 1 aliphatic carbocycles. The van der Waals surface area contributed by atoms with Crippen molar-refractivity contribution in [1.82, 2.24) is 25.5 Å². The Kier molecular flexibility index (Phi) is 8.46. The van der Waals surface area contributed by atoms with E-state index in [0.29, 0.717) is 48.2 Å². The van der Waals surface area contributed by atoms with E-state index in [1.165, 1.54) is 0 Å². The summed E-state index contributed by atoms with van der Waals surface area (Å²) in [6, 6.07) is 3.63. The van der Waals surface area contributed by atoms with Crippen LogP contribution in [0.15, 0.2) is 40.7 Å². The summed E-state index contributed by atoms with van der Waals surface area (Å²) < 4.78 is 11.2. The van der Waals surface area contributed by atoms with Crippen LogP contribution in [-0.2, 0) is 6.54 Å². The minimum absolute atomic E-state index is 0.410. The number of nitrogens with one attached hydrogen (secondary N) is 3. The normalized spacial score (nSPS) is 13.8. The molecule has 10 heteroatoms. The van der Waals surface area contributed by atoms with Crippen molar-refractivity contribution >= 4 is 11.8 Å². The minimum Gasteiger partial charge on any atom is -0.476 e. The molecule has 2 aromatic heterocycles. The van der Waals surface area contributed by atoms with Crippen molar-refractivity contribution in [2.24, 2.45) is 11.8 Å². The quantitative estimate of drug-likeness (QED) is 0.197. The standard InChI is InChI=1S/C22H34N8O2/c1-5-30(6-2)9-10-31-21-13-20(25-15(3)12-19(28-23)17-7-8-17)26-22(27-21)24-14-18-11-16(4)29-32-18/h11-13,17,28H,3,5-10,14,23H2,1-2,4H3,(H2,24,25,26,27)/b19-12-. The highest BCUT2D eigenvalue weighted by molar-refractivity contribution is 5.50. The highest BCUT2D eigenvalue weighted by Crippen LogP contribution is 2.35. The number of hydrogen-bond acceptors (Lipinski definition) is 10. The average molecular weight is 443 g/mol. The Labute approximate surface area is 189 Å². The maximum absolute atomic E-state index is 5.92. The van der Waals surface area contributed by atoms with Gasteiger partial charge in [0.05, 0.1) is 12.2 Å². The Morgan fingerprint density at radius 3 is 2.72 bits per heavy atom. The zero-order chi connectivity index (χ0) is 22.9. The van der Waals surface area contributed by atoms with Crippen molar-refractivity contribution in [3.8, 4) is 5.88 Å². The summed E-state index contributed by atoms with van der Waals surface area (Å²) in [5.41, 5.74) is 5.22. The Hall–Kier alpha value is -3.11. The van der Waals surface area contributed by atoms with Gasteiger partial charge in [-0.3, -0.25) is 5.84 Å².